The van der Waals surface area contributed by atoms with Crippen molar-refractivity contribution in [3.8, 4) is 0 Å². The number of rotatable bonds is 6. The van der Waals surface area contributed by atoms with Crippen molar-refractivity contribution >= 4 is 46.3 Å². The van der Waals surface area contributed by atoms with E-state index < -0.39 is 0 Å². The Morgan fingerprint density at radius 1 is 1.24 bits per heavy atom. The Hall–Kier alpha value is -2.02. The Morgan fingerprint density at radius 2 is 2.04 bits per heavy atom. The van der Waals surface area contributed by atoms with E-state index in [1.165, 1.54) is 0 Å². The molecule has 7 heteroatoms. The maximum Gasteiger partial charge on any atom is 0.269 e. The van der Waals surface area contributed by atoms with Crippen LogP contribution in [0.1, 0.15) is 21.6 Å². The minimum atomic E-state index is -0.199. The summed E-state index contributed by atoms with van der Waals surface area (Å²) in [6, 6.07) is 14.7. The minimum Gasteiger partial charge on any atom is -0.298 e. The lowest BCUT2D eigenvalue weighted by Gasteiger charge is -2.09. The maximum absolute atomic E-state index is 12.2. The highest BCUT2D eigenvalue weighted by Crippen LogP contribution is 2.26. The van der Waals surface area contributed by atoms with Gasteiger partial charge in [-0.3, -0.25) is 15.6 Å². The van der Waals surface area contributed by atoms with Gasteiger partial charge >= 0.3 is 0 Å². The van der Waals surface area contributed by atoms with Gasteiger partial charge in [0.1, 0.15) is 4.34 Å². The van der Waals surface area contributed by atoms with E-state index in [4.69, 9.17) is 11.6 Å². The molecule has 0 bridgehead atoms. The second-order valence-corrected chi connectivity index (χ2v) is 7.85. The van der Waals surface area contributed by atoms with Crippen LogP contribution < -0.4 is 10.9 Å². The summed E-state index contributed by atoms with van der Waals surface area (Å²) in [5.41, 5.74) is 9.03. The second kappa shape index (κ2) is 8.38. The molecule has 0 saturated carbocycles. The molecule has 2 aromatic carbocycles. The van der Waals surface area contributed by atoms with E-state index in [9.17, 15) is 4.79 Å². The van der Waals surface area contributed by atoms with E-state index in [1.807, 2.05) is 48.7 Å². The van der Waals surface area contributed by atoms with Gasteiger partial charge in [-0.2, -0.15) is 0 Å². The predicted octanol–water partition coefficient (Wildman–Crippen LogP) is 5.15. The molecule has 0 aliphatic carbocycles. The smallest absolute Gasteiger partial charge is 0.269 e. The fraction of sp³-hybridized carbons (Fsp3) is 0.111. The van der Waals surface area contributed by atoms with Gasteiger partial charge in [-0.05, 0) is 42.8 Å². The number of halogens is 1. The zero-order chi connectivity index (χ0) is 17.6. The zero-order valence-electron chi connectivity index (χ0n) is 13.5. The van der Waals surface area contributed by atoms with E-state index in [-0.39, 0.29) is 5.91 Å². The molecule has 0 spiro atoms. The summed E-state index contributed by atoms with van der Waals surface area (Å²) in [5.74, 6) is 0.630. The number of nitrogens with zero attached hydrogens (tertiary/aromatic N) is 1. The Labute approximate surface area is 159 Å². The summed E-state index contributed by atoms with van der Waals surface area (Å²) in [5, 5.41) is 2.65. The van der Waals surface area contributed by atoms with Crippen molar-refractivity contribution < 1.29 is 4.79 Å². The molecule has 3 rings (SSSR count). The predicted molar refractivity (Wildman–Crippen MR) is 105 cm³/mol. The SMILES string of the molecule is Cc1csc(SCc2ccc(C(=O)NNc3cccc(Cl)c3)cc2)n1. The molecular formula is C18H16ClN3OS2. The standard InChI is InChI=1S/C18H16ClN3OS2/c1-12-10-24-18(20-12)25-11-13-5-7-14(8-6-13)17(23)22-21-16-4-2-3-15(19)9-16/h2-10,21H,11H2,1H3,(H,22,23). The molecular weight excluding hydrogens is 374 g/mol. The van der Waals surface area contributed by atoms with Gasteiger partial charge in [0.05, 0.1) is 5.69 Å². The van der Waals surface area contributed by atoms with Gasteiger partial charge in [0.2, 0.25) is 0 Å². The van der Waals surface area contributed by atoms with Crippen LogP contribution in [0.15, 0.2) is 58.3 Å². The third-order valence-corrected chi connectivity index (χ3v) is 5.77. The van der Waals surface area contributed by atoms with Gasteiger partial charge in [0, 0.05) is 27.4 Å². The number of thioether (sulfide) groups is 1. The first-order valence-corrected chi connectivity index (χ1v) is 9.80. The molecule has 1 aromatic heterocycles. The number of hydrogen-bond acceptors (Lipinski definition) is 5. The average Bonchev–Trinajstić information content (AvgIpc) is 3.04. The lowest BCUT2D eigenvalue weighted by Crippen LogP contribution is -2.29. The van der Waals surface area contributed by atoms with Crippen molar-refractivity contribution in [3.63, 3.8) is 0 Å². The van der Waals surface area contributed by atoms with Crippen LogP contribution in [0.3, 0.4) is 0 Å². The van der Waals surface area contributed by atoms with Crippen LogP contribution >= 0.6 is 34.7 Å². The number of aryl methyl sites for hydroxylation is 1. The Balaban J connectivity index is 1.53. The van der Waals surface area contributed by atoms with Gasteiger partial charge in [-0.1, -0.05) is 41.6 Å². The lowest BCUT2D eigenvalue weighted by atomic mass is 10.1. The number of benzene rings is 2. The number of nitrogens with one attached hydrogen (secondary N) is 2. The number of carbonyl (C=O) groups is 1. The summed E-state index contributed by atoms with van der Waals surface area (Å²) in [4.78, 5) is 16.6. The van der Waals surface area contributed by atoms with Gasteiger partial charge in [-0.25, -0.2) is 4.98 Å². The monoisotopic (exact) mass is 389 g/mol. The molecule has 0 aliphatic heterocycles. The molecule has 128 valence electrons. The van der Waals surface area contributed by atoms with Crippen LogP contribution in [-0.4, -0.2) is 10.9 Å². The fourth-order valence-corrected chi connectivity index (χ4v) is 4.06. The molecule has 25 heavy (non-hydrogen) atoms. The zero-order valence-corrected chi connectivity index (χ0v) is 15.8. The average molecular weight is 390 g/mol. The number of thiazole rings is 1. The van der Waals surface area contributed by atoms with Gasteiger partial charge in [-0.15, -0.1) is 11.3 Å². The minimum absolute atomic E-state index is 0.199. The number of hydrazine groups is 1. The highest BCUT2D eigenvalue weighted by molar-refractivity contribution is 8.00. The highest BCUT2D eigenvalue weighted by Gasteiger charge is 2.06. The van der Waals surface area contributed by atoms with Gasteiger partial charge in [0.15, 0.2) is 0 Å². The summed E-state index contributed by atoms with van der Waals surface area (Å²) in [6.45, 7) is 1.99. The first-order chi connectivity index (χ1) is 12.1. The van der Waals surface area contributed by atoms with Crippen molar-refractivity contribution in [2.75, 3.05) is 5.43 Å². The number of hydrogen-bond donors (Lipinski definition) is 2. The number of anilines is 1. The quantitative estimate of drug-likeness (QED) is 0.452. The molecule has 0 aliphatic rings. The highest BCUT2D eigenvalue weighted by atomic mass is 35.5. The van der Waals surface area contributed by atoms with Crippen LogP contribution in [0.5, 0.6) is 0 Å². The van der Waals surface area contributed by atoms with Crippen LogP contribution in [-0.2, 0) is 5.75 Å². The fourth-order valence-electron chi connectivity index (χ4n) is 2.06. The van der Waals surface area contributed by atoms with Crippen LogP contribution in [0.25, 0.3) is 0 Å². The van der Waals surface area contributed by atoms with E-state index >= 15 is 0 Å². The summed E-state index contributed by atoms with van der Waals surface area (Å²) < 4.78 is 1.06. The van der Waals surface area contributed by atoms with E-state index in [0.29, 0.717) is 10.6 Å². The third-order valence-electron chi connectivity index (χ3n) is 3.32. The molecule has 4 nitrogen and oxygen atoms in total. The van der Waals surface area contributed by atoms with Crippen LogP contribution in [0.4, 0.5) is 5.69 Å². The molecule has 0 atom stereocenters. The van der Waals surface area contributed by atoms with Gasteiger partial charge < -0.3 is 0 Å². The van der Waals surface area contributed by atoms with Crippen molar-refractivity contribution in [1.82, 2.24) is 10.4 Å². The second-order valence-electron chi connectivity index (χ2n) is 5.33. The third kappa shape index (κ3) is 5.22. The lowest BCUT2D eigenvalue weighted by molar-refractivity contribution is 0.0962. The molecule has 1 amide bonds. The molecule has 1 heterocycles. The molecule has 2 N–H and O–H groups in total. The summed E-state index contributed by atoms with van der Waals surface area (Å²) in [7, 11) is 0. The van der Waals surface area contributed by atoms with E-state index in [2.05, 4.69) is 15.8 Å². The van der Waals surface area contributed by atoms with Crippen molar-refractivity contribution in [2.24, 2.45) is 0 Å². The largest absolute Gasteiger partial charge is 0.298 e. The Bertz CT molecular complexity index is 865. The topological polar surface area (TPSA) is 54.0 Å². The first kappa shape index (κ1) is 17.8. The Morgan fingerprint density at radius 3 is 2.72 bits per heavy atom. The normalized spacial score (nSPS) is 10.5. The van der Waals surface area contributed by atoms with Crippen molar-refractivity contribution in [2.45, 2.75) is 17.0 Å². The molecule has 0 saturated heterocycles. The van der Waals surface area contributed by atoms with Crippen molar-refractivity contribution in [3.05, 3.63) is 75.8 Å². The van der Waals surface area contributed by atoms with E-state index in [0.717, 1.165) is 27.0 Å². The van der Waals surface area contributed by atoms with Crippen LogP contribution in [0.2, 0.25) is 5.02 Å². The molecule has 3 aromatic rings. The summed E-state index contributed by atoms with van der Waals surface area (Å²) in [6.07, 6.45) is 0. The van der Waals surface area contributed by atoms with Gasteiger partial charge in [0.25, 0.3) is 5.91 Å². The maximum atomic E-state index is 12.2. The number of amides is 1. The molecule has 0 fully saturated rings. The molecule has 0 unspecified atom stereocenters. The number of aromatic nitrogens is 1. The van der Waals surface area contributed by atoms with Crippen LogP contribution in [0, 0.1) is 6.92 Å². The van der Waals surface area contributed by atoms with Crippen molar-refractivity contribution in [1.29, 1.82) is 0 Å². The Kier molecular flexibility index (Phi) is 5.96. The summed E-state index contributed by atoms with van der Waals surface area (Å²) >= 11 is 9.26. The number of carbonyl (C=O) groups excluding carboxylic acids is 1. The molecule has 0 radical (unpaired) electrons. The van der Waals surface area contributed by atoms with E-state index in [1.54, 1.807) is 35.2 Å². The first-order valence-electron chi connectivity index (χ1n) is 7.56.